The summed E-state index contributed by atoms with van der Waals surface area (Å²) in [5.41, 5.74) is 0. The number of likely N-dealkylation sites (tertiary alicyclic amines) is 1. The molecule has 1 unspecified atom stereocenters. The molecule has 0 amide bonds. The summed E-state index contributed by atoms with van der Waals surface area (Å²) in [6, 6.07) is 0. The van der Waals surface area contributed by atoms with Crippen LogP contribution < -0.4 is 0 Å². The van der Waals surface area contributed by atoms with Crippen LogP contribution in [0.1, 0.15) is 33.1 Å². The van der Waals surface area contributed by atoms with E-state index in [2.05, 4.69) is 0 Å². The van der Waals surface area contributed by atoms with E-state index in [1.807, 2.05) is 4.90 Å². The molecule has 1 fully saturated rings. The SMILES string of the molecule is CCOC(=O)C(C(C)=O)C(=S)N1CCCCC1. The number of hydrogen-bond acceptors (Lipinski definition) is 4. The highest BCUT2D eigenvalue weighted by molar-refractivity contribution is 7.80. The van der Waals surface area contributed by atoms with Crippen LogP contribution in [0.5, 0.6) is 0 Å². The molecule has 0 aromatic carbocycles. The minimum atomic E-state index is -0.900. The highest BCUT2D eigenvalue weighted by Crippen LogP contribution is 2.15. The fraction of sp³-hybridized carbons (Fsp3) is 0.750. The van der Waals surface area contributed by atoms with Gasteiger partial charge in [-0.1, -0.05) is 12.2 Å². The third-order valence-corrected chi connectivity index (χ3v) is 3.34. The molecule has 0 aliphatic carbocycles. The van der Waals surface area contributed by atoms with Crippen molar-refractivity contribution in [3.8, 4) is 0 Å². The van der Waals surface area contributed by atoms with E-state index in [9.17, 15) is 9.59 Å². The number of esters is 1. The van der Waals surface area contributed by atoms with Gasteiger partial charge < -0.3 is 9.64 Å². The van der Waals surface area contributed by atoms with Crippen molar-refractivity contribution in [3.05, 3.63) is 0 Å². The van der Waals surface area contributed by atoms with Crippen LogP contribution in [0.15, 0.2) is 0 Å². The molecule has 96 valence electrons. The van der Waals surface area contributed by atoms with E-state index in [0.717, 1.165) is 25.9 Å². The Labute approximate surface area is 107 Å². The van der Waals surface area contributed by atoms with Crippen molar-refractivity contribution in [3.63, 3.8) is 0 Å². The smallest absolute Gasteiger partial charge is 0.323 e. The lowest BCUT2D eigenvalue weighted by molar-refractivity contribution is -0.148. The van der Waals surface area contributed by atoms with Crippen LogP contribution in [0.3, 0.4) is 0 Å². The van der Waals surface area contributed by atoms with E-state index in [4.69, 9.17) is 17.0 Å². The molecular weight excluding hydrogens is 238 g/mol. The lowest BCUT2D eigenvalue weighted by atomic mass is 10.0. The average Bonchev–Trinajstić information content (AvgIpc) is 2.30. The number of ether oxygens (including phenoxy) is 1. The second-order valence-electron chi connectivity index (χ2n) is 4.18. The Hall–Kier alpha value is -0.970. The van der Waals surface area contributed by atoms with Gasteiger partial charge in [-0.25, -0.2) is 0 Å². The first kappa shape index (κ1) is 14.1. The molecular formula is C12H19NO3S. The molecule has 17 heavy (non-hydrogen) atoms. The Morgan fingerprint density at radius 3 is 2.35 bits per heavy atom. The van der Waals surface area contributed by atoms with E-state index in [1.165, 1.54) is 13.3 Å². The number of Topliss-reactive ketones (excluding diaryl/α,β-unsaturated/α-hetero) is 1. The van der Waals surface area contributed by atoms with E-state index in [0.29, 0.717) is 4.99 Å². The van der Waals surface area contributed by atoms with Gasteiger partial charge in [-0.15, -0.1) is 0 Å². The third kappa shape index (κ3) is 3.77. The summed E-state index contributed by atoms with van der Waals surface area (Å²) in [5, 5.41) is 0. The van der Waals surface area contributed by atoms with Crippen LogP contribution in [0, 0.1) is 5.92 Å². The topological polar surface area (TPSA) is 46.6 Å². The second kappa shape index (κ2) is 6.69. The van der Waals surface area contributed by atoms with Gasteiger partial charge in [0.05, 0.1) is 11.6 Å². The van der Waals surface area contributed by atoms with Crippen LogP contribution in [-0.2, 0) is 14.3 Å². The highest BCUT2D eigenvalue weighted by atomic mass is 32.1. The normalized spacial score (nSPS) is 17.4. The Morgan fingerprint density at radius 1 is 1.29 bits per heavy atom. The summed E-state index contributed by atoms with van der Waals surface area (Å²) in [7, 11) is 0. The van der Waals surface area contributed by atoms with Crippen molar-refractivity contribution in [2.45, 2.75) is 33.1 Å². The molecule has 1 rings (SSSR count). The lowest BCUT2D eigenvalue weighted by Crippen LogP contribution is -2.44. The molecule has 1 aliphatic heterocycles. The molecule has 0 aromatic heterocycles. The molecule has 0 bridgehead atoms. The maximum Gasteiger partial charge on any atom is 0.323 e. The van der Waals surface area contributed by atoms with Crippen molar-refractivity contribution in [2.75, 3.05) is 19.7 Å². The van der Waals surface area contributed by atoms with Gasteiger partial charge in [0.2, 0.25) is 0 Å². The van der Waals surface area contributed by atoms with Gasteiger partial charge in [0.15, 0.2) is 11.7 Å². The molecule has 1 atom stereocenters. The number of ketones is 1. The average molecular weight is 257 g/mol. The van der Waals surface area contributed by atoms with Crippen molar-refractivity contribution in [2.24, 2.45) is 5.92 Å². The zero-order chi connectivity index (χ0) is 12.8. The third-order valence-electron chi connectivity index (χ3n) is 2.84. The second-order valence-corrected chi connectivity index (χ2v) is 4.60. The zero-order valence-electron chi connectivity index (χ0n) is 10.4. The molecule has 4 nitrogen and oxygen atoms in total. The van der Waals surface area contributed by atoms with Gasteiger partial charge >= 0.3 is 5.97 Å². The number of carbonyl (C=O) groups is 2. The Morgan fingerprint density at radius 2 is 1.88 bits per heavy atom. The largest absolute Gasteiger partial charge is 0.465 e. The van der Waals surface area contributed by atoms with Crippen LogP contribution >= 0.6 is 12.2 Å². The minimum Gasteiger partial charge on any atom is -0.465 e. The lowest BCUT2D eigenvalue weighted by Gasteiger charge is -2.31. The fourth-order valence-electron chi connectivity index (χ4n) is 1.96. The molecule has 0 saturated carbocycles. The van der Waals surface area contributed by atoms with Gasteiger partial charge in [0.1, 0.15) is 0 Å². The summed E-state index contributed by atoms with van der Waals surface area (Å²) >= 11 is 5.27. The number of carbonyl (C=O) groups excluding carboxylic acids is 2. The summed E-state index contributed by atoms with van der Waals surface area (Å²) < 4.78 is 4.90. The molecule has 1 saturated heterocycles. The number of piperidine rings is 1. The summed E-state index contributed by atoms with van der Waals surface area (Å²) in [5.74, 6) is -1.65. The van der Waals surface area contributed by atoms with Crippen LogP contribution in [-0.4, -0.2) is 41.3 Å². The maximum atomic E-state index is 11.7. The number of nitrogens with zero attached hydrogens (tertiary/aromatic N) is 1. The number of thiocarbonyl (C=S) groups is 1. The predicted molar refractivity (Wildman–Crippen MR) is 68.8 cm³/mol. The van der Waals surface area contributed by atoms with Gasteiger partial charge in [0.25, 0.3) is 0 Å². The zero-order valence-corrected chi connectivity index (χ0v) is 11.2. The van der Waals surface area contributed by atoms with Gasteiger partial charge in [0, 0.05) is 13.1 Å². The Kier molecular flexibility index (Phi) is 5.55. The number of hydrogen-bond donors (Lipinski definition) is 0. The van der Waals surface area contributed by atoms with Crippen molar-refractivity contribution in [1.29, 1.82) is 0 Å². The number of rotatable bonds is 4. The van der Waals surface area contributed by atoms with Crippen molar-refractivity contribution >= 4 is 29.0 Å². The van der Waals surface area contributed by atoms with E-state index >= 15 is 0 Å². The first-order valence-corrected chi connectivity index (χ1v) is 6.44. The van der Waals surface area contributed by atoms with Gasteiger partial charge in [-0.2, -0.15) is 0 Å². The van der Waals surface area contributed by atoms with Crippen molar-refractivity contribution < 1.29 is 14.3 Å². The van der Waals surface area contributed by atoms with Crippen LogP contribution in [0.25, 0.3) is 0 Å². The molecule has 0 aromatic rings. The standard InChI is InChI=1S/C12H19NO3S/c1-3-16-12(15)10(9(2)14)11(17)13-7-5-4-6-8-13/h10H,3-8H2,1-2H3. The monoisotopic (exact) mass is 257 g/mol. The maximum absolute atomic E-state index is 11.7. The Bertz CT molecular complexity index is 311. The van der Waals surface area contributed by atoms with Crippen LogP contribution in [0.4, 0.5) is 0 Å². The first-order chi connectivity index (χ1) is 8.07. The summed E-state index contributed by atoms with van der Waals surface area (Å²) in [6.45, 7) is 5.05. The highest BCUT2D eigenvalue weighted by Gasteiger charge is 2.32. The van der Waals surface area contributed by atoms with E-state index in [1.54, 1.807) is 6.92 Å². The first-order valence-electron chi connectivity index (χ1n) is 6.03. The van der Waals surface area contributed by atoms with E-state index in [-0.39, 0.29) is 12.4 Å². The van der Waals surface area contributed by atoms with Crippen molar-refractivity contribution in [1.82, 2.24) is 4.90 Å². The molecule has 0 radical (unpaired) electrons. The Balaban J connectivity index is 2.72. The van der Waals surface area contributed by atoms with E-state index < -0.39 is 11.9 Å². The minimum absolute atomic E-state index is 0.237. The quantitative estimate of drug-likeness (QED) is 0.434. The fourth-order valence-corrected chi connectivity index (χ4v) is 2.41. The predicted octanol–water partition coefficient (Wildman–Crippen LogP) is 1.57. The molecule has 5 heteroatoms. The van der Waals surface area contributed by atoms with Crippen LogP contribution in [0.2, 0.25) is 0 Å². The molecule has 1 aliphatic rings. The summed E-state index contributed by atoms with van der Waals surface area (Å²) in [6.07, 6.45) is 3.31. The van der Waals surface area contributed by atoms with Gasteiger partial charge in [-0.05, 0) is 33.1 Å². The molecule has 0 spiro atoms. The molecule has 1 heterocycles. The summed E-state index contributed by atoms with van der Waals surface area (Å²) in [4.78, 5) is 25.6. The van der Waals surface area contributed by atoms with Gasteiger partial charge in [-0.3, -0.25) is 9.59 Å². The molecule has 0 N–H and O–H groups in total.